The fourth-order valence-electron chi connectivity index (χ4n) is 4.05. The SMILES string of the molecule is CCOc1ccc2nc(NC(=O)C3CCCc4sc(NC(=O)c5ccc(OC)cc5)nc43)sc2c1. The minimum atomic E-state index is -0.382. The molecule has 4 aromatic rings. The van der Waals surface area contributed by atoms with Crippen LogP contribution in [0, 0.1) is 0 Å². The van der Waals surface area contributed by atoms with E-state index in [0.29, 0.717) is 34.6 Å². The van der Waals surface area contributed by atoms with Crippen molar-refractivity contribution in [2.75, 3.05) is 24.4 Å². The number of carbonyl (C=O) groups is 2. The number of hydrogen-bond donors (Lipinski definition) is 2. The first-order valence-electron chi connectivity index (χ1n) is 11.3. The van der Waals surface area contributed by atoms with Crippen LogP contribution in [0.5, 0.6) is 11.5 Å². The number of thiazole rings is 2. The van der Waals surface area contributed by atoms with Crippen LogP contribution in [0.1, 0.15) is 46.6 Å². The van der Waals surface area contributed by atoms with Crippen molar-refractivity contribution in [3.05, 3.63) is 58.6 Å². The predicted molar refractivity (Wildman–Crippen MR) is 138 cm³/mol. The van der Waals surface area contributed by atoms with E-state index in [0.717, 1.165) is 39.4 Å². The Labute approximate surface area is 210 Å². The lowest BCUT2D eigenvalue weighted by molar-refractivity contribution is -0.117. The summed E-state index contributed by atoms with van der Waals surface area (Å²) in [5, 5.41) is 6.89. The van der Waals surface area contributed by atoms with Crippen LogP contribution in [0.25, 0.3) is 10.2 Å². The Kier molecular flexibility index (Phi) is 6.65. The zero-order valence-corrected chi connectivity index (χ0v) is 20.9. The van der Waals surface area contributed by atoms with Gasteiger partial charge in [0, 0.05) is 10.4 Å². The molecule has 8 nitrogen and oxygen atoms in total. The van der Waals surface area contributed by atoms with Gasteiger partial charge in [0.15, 0.2) is 10.3 Å². The summed E-state index contributed by atoms with van der Waals surface area (Å²) in [6.45, 7) is 2.53. The first kappa shape index (κ1) is 23.3. The molecule has 0 spiro atoms. The Bertz CT molecular complexity index is 1380. The summed E-state index contributed by atoms with van der Waals surface area (Å²) in [7, 11) is 1.58. The fourth-order valence-corrected chi connectivity index (χ4v) is 6.00. The Morgan fingerprint density at radius 3 is 2.57 bits per heavy atom. The molecule has 1 aliphatic carbocycles. The van der Waals surface area contributed by atoms with Gasteiger partial charge in [-0.15, -0.1) is 11.3 Å². The van der Waals surface area contributed by atoms with Crippen molar-refractivity contribution in [3.63, 3.8) is 0 Å². The highest BCUT2D eigenvalue weighted by Crippen LogP contribution is 2.38. The number of fused-ring (bicyclic) bond motifs is 2. The minimum absolute atomic E-state index is 0.131. The first-order valence-corrected chi connectivity index (χ1v) is 13.0. The minimum Gasteiger partial charge on any atom is -0.497 e. The third-order valence-corrected chi connectivity index (χ3v) is 7.72. The van der Waals surface area contributed by atoms with E-state index in [1.54, 1.807) is 31.4 Å². The van der Waals surface area contributed by atoms with Crippen LogP contribution in [0.4, 0.5) is 10.3 Å². The topological polar surface area (TPSA) is 102 Å². The molecule has 35 heavy (non-hydrogen) atoms. The summed E-state index contributed by atoms with van der Waals surface area (Å²) in [6, 6.07) is 12.6. The number of benzene rings is 2. The molecule has 2 aromatic heterocycles. The third kappa shape index (κ3) is 4.98. The highest BCUT2D eigenvalue weighted by Gasteiger charge is 2.31. The van der Waals surface area contributed by atoms with Gasteiger partial charge in [-0.25, -0.2) is 9.97 Å². The number of methoxy groups -OCH3 is 1. The molecule has 10 heteroatoms. The van der Waals surface area contributed by atoms with Gasteiger partial charge >= 0.3 is 0 Å². The average Bonchev–Trinajstić information content (AvgIpc) is 3.46. The monoisotopic (exact) mass is 508 g/mol. The molecule has 2 amide bonds. The van der Waals surface area contributed by atoms with Gasteiger partial charge in [-0.2, -0.15) is 0 Å². The van der Waals surface area contributed by atoms with Crippen molar-refractivity contribution in [1.82, 2.24) is 9.97 Å². The van der Waals surface area contributed by atoms with Gasteiger partial charge in [-0.05, 0) is 68.7 Å². The maximum absolute atomic E-state index is 13.2. The van der Waals surface area contributed by atoms with E-state index in [1.165, 1.54) is 22.7 Å². The highest BCUT2D eigenvalue weighted by atomic mass is 32.1. The van der Waals surface area contributed by atoms with Crippen molar-refractivity contribution >= 4 is 55.0 Å². The first-order chi connectivity index (χ1) is 17.0. The molecule has 0 saturated carbocycles. The third-order valence-electron chi connectivity index (χ3n) is 5.74. The van der Waals surface area contributed by atoms with Gasteiger partial charge in [0.2, 0.25) is 5.91 Å². The second-order valence-corrected chi connectivity index (χ2v) is 10.1. The zero-order chi connectivity index (χ0) is 24.4. The van der Waals surface area contributed by atoms with E-state index in [1.807, 2.05) is 25.1 Å². The molecule has 1 atom stereocenters. The number of nitrogens with zero attached hydrogens (tertiary/aromatic N) is 2. The van der Waals surface area contributed by atoms with Gasteiger partial charge in [-0.3, -0.25) is 14.9 Å². The Balaban J connectivity index is 1.30. The molecule has 1 aliphatic rings. The van der Waals surface area contributed by atoms with Crippen LogP contribution in [0.15, 0.2) is 42.5 Å². The second-order valence-electron chi connectivity index (χ2n) is 8.03. The van der Waals surface area contributed by atoms with E-state index in [2.05, 4.69) is 20.6 Å². The van der Waals surface area contributed by atoms with Gasteiger partial charge in [-0.1, -0.05) is 11.3 Å². The van der Waals surface area contributed by atoms with Gasteiger partial charge < -0.3 is 14.8 Å². The number of aromatic nitrogens is 2. The van der Waals surface area contributed by atoms with Crippen LogP contribution in [-0.4, -0.2) is 35.5 Å². The quantitative estimate of drug-likeness (QED) is 0.343. The number of aryl methyl sites for hydroxylation is 1. The Morgan fingerprint density at radius 2 is 1.80 bits per heavy atom. The summed E-state index contributed by atoms with van der Waals surface area (Å²) in [4.78, 5) is 36.1. The van der Waals surface area contributed by atoms with E-state index in [-0.39, 0.29) is 17.7 Å². The number of rotatable bonds is 7. The smallest absolute Gasteiger partial charge is 0.257 e. The second kappa shape index (κ2) is 10.0. The van der Waals surface area contributed by atoms with Crippen molar-refractivity contribution in [2.24, 2.45) is 0 Å². The summed E-state index contributed by atoms with van der Waals surface area (Å²) in [5.74, 6) is 0.703. The van der Waals surface area contributed by atoms with Crippen LogP contribution in [0.3, 0.4) is 0 Å². The summed E-state index contributed by atoms with van der Waals surface area (Å²) < 4.78 is 11.6. The van der Waals surface area contributed by atoms with E-state index in [9.17, 15) is 9.59 Å². The number of carbonyl (C=O) groups excluding carboxylic acids is 2. The molecule has 0 aliphatic heterocycles. The number of amides is 2. The van der Waals surface area contributed by atoms with E-state index in [4.69, 9.17) is 9.47 Å². The molecular weight excluding hydrogens is 484 g/mol. The Hall–Kier alpha value is -3.50. The average molecular weight is 509 g/mol. The molecule has 0 fully saturated rings. The molecule has 5 rings (SSSR count). The molecule has 1 unspecified atom stereocenters. The molecule has 0 bridgehead atoms. The molecule has 2 N–H and O–H groups in total. The predicted octanol–water partition coefficient (Wildman–Crippen LogP) is 5.47. The number of nitrogens with one attached hydrogen (secondary N) is 2. The largest absolute Gasteiger partial charge is 0.497 e. The normalized spacial score (nSPS) is 14.9. The van der Waals surface area contributed by atoms with Crippen LogP contribution < -0.4 is 20.1 Å². The molecule has 2 aromatic carbocycles. The summed E-state index contributed by atoms with van der Waals surface area (Å²) >= 11 is 2.85. The van der Waals surface area contributed by atoms with Crippen molar-refractivity contribution < 1.29 is 19.1 Å². The number of anilines is 2. The zero-order valence-electron chi connectivity index (χ0n) is 19.3. The van der Waals surface area contributed by atoms with Gasteiger partial charge in [0.05, 0.1) is 35.5 Å². The van der Waals surface area contributed by atoms with Crippen LogP contribution in [-0.2, 0) is 11.2 Å². The van der Waals surface area contributed by atoms with Gasteiger partial charge in [0.25, 0.3) is 5.91 Å². The summed E-state index contributed by atoms with van der Waals surface area (Å²) in [5.41, 5.74) is 2.07. The lowest BCUT2D eigenvalue weighted by atomic mass is 9.90. The Morgan fingerprint density at radius 1 is 1.03 bits per heavy atom. The van der Waals surface area contributed by atoms with E-state index < -0.39 is 0 Å². The highest BCUT2D eigenvalue weighted by molar-refractivity contribution is 7.22. The number of hydrogen-bond acceptors (Lipinski definition) is 8. The molecule has 180 valence electrons. The molecule has 0 radical (unpaired) electrons. The van der Waals surface area contributed by atoms with Crippen LogP contribution >= 0.6 is 22.7 Å². The van der Waals surface area contributed by atoms with Crippen molar-refractivity contribution in [2.45, 2.75) is 32.1 Å². The standard InChI is InChI=1S/C25H24N4O4S2/c1-3-33-16-11-12-18-20(13-16)35-24(26-18)29-23(31)17-5-4-6-19-21(17)27-25(34-19)28-22(30)14-7-9-15(32-2)10-8-14/h7-13,17H,3-6H2,1-2H3,(H,26,29,31)(H,27,28,30). The van der Waals surface area contributed by atoms with Crippen molar-refractivity contribution in [3.8, 4) is 11.5 Å². The summed E-state index contributed by atoms with van der Waals surface area (Å²) in [6.07, 6.45) is 2.43. The lowest BCUT2D eigenvalue weighted by Gasteiger charge is -2.19. The fraction of sp³-hybridized carbons (Fsp3) is 0.280. The van der Waals surface area contributed by atoms with Gasteiger partial charge in [0.1, 0.15) is 11.5 Å². The lowest BCUT2D eigenvalue weighted by Crippen LogP contribution is -2.24. The maximum atomic E-state index is 13.2. The molecule has 2 heterocycles. The molecular formula is C25H24N4O4S2. The maximum Gasteiger partial charge on any atom is 0.257 e. The van der Waals surface area contributed by atoms with E-state index >= 15 is 0 Å². The van der Waals surface area contributed by atoms with Crippen molar-refractivity contribution in [1.29, 1.82) is 0 Å². The molecule has 0 saturated heterocycles. The number of ether oxygens (including phenoxy) is 2. The van der Waals surface area contributed by atoms with Crippen LogP contribution in [0.2, 0.25) is 0 Å².